The maximum Gasteiger partial charge on any atom is 0.325 e. The summed E-state index contributed by atoms with van der Waals surface area (Å²) in [6.45, 7) is 4.64. The summed E-state index contributed by atoms with van der Waals surface area (Å²) < 4.78 is 45.6. The number of esters is 1. The van der Waals surface area contributed by atoms with E-state index in [9.17, 15) is 27.5 Å². The smallest absolute Gasteiger partial charge is 0.325 e. The number of sulfonamides is 1. The number of amides is 1. The number of nitrogens with one attached hydrogen (secondary N) is 1. The Bertz CT molecular complexity index is 1190. The predicted molar refractivity (Wildman–Crippen MR) is 120 cm³/mol. The van der Waals surface area contributed by atoms with Gasteiger partial charge in [-0.1, -0.05) is 17.7 Å². The molecule has 1 saturated heterocycles. The van der Waals surface area contributed by atoms with Gasteiger partial charge in [0.05, 0.1) is 21.7 Å². The molecule has 0 saturated carbocycles. The Morgan fingerprint density at radius 2 is 1.91 bits per heavy atom. The first-order valence-electron chi connectivity index (χ1n) is 10.1. The van der Waals surface area contributed by atoms with Gasteiger partial charge < -0.3 is 15.2 Å². The van der Waals surface area contributed by atoms with Crippen LogP contribution in [0.5, 0.6) is 0 Å². The first-order valence-corrected chi connectivity index (χ1v) is 12.0. The van der Waals surface area contributed by atoms with E-state index in [0.717, 1.165) is 27.6 Å². The van der Waals surface area contributed by atoms with Crippen molar-refractivity contribution in [2.24, 2.45) is 0 Å². The fourth-order valence-electron chi connectivity index (χ4n) is 3.41. The minimum Gasteiger partial charge on any atom is -0.451 e. The van der Waals surface area contributed by atoms with Gasteiger partial charge in [0.25, 0.3) is 5.91 Å². The van der Waals surface area contributed by atoms with Crippen LogP contribution in [0.1, 0.15) is 24.5 Å². The Hall–Kier alpha value is -2.53. The predicted octanol–water partition coefficient (Wildman–Crippen LogP) is 2.79. The first kappa shape index (κ1) is 25.1. The van der Waals surface area contributed by atoms with Crippen molar-refractivity contribution in [2.45, 2.75) is 50.3 Å². The van der Waals surface area contributed by atoms with E-state index in [0.29, 0.717) is 0 Å². The molecule has 0 spiro atoms. The zero-order valence-electron chi connectivity index (χ0n) is 18.2. The Balaban J connectivity index is 1.74. The lowest BCUT2D eigenvalue weighted by Crippen LogP contribution is -2.43. The Morgan fingerprint density at radius 3 is 2.55 bits per heavy atom. The second-order valence-corrected chi connectivity index (χ2v) is 10.2. The van der Waals surface area contributed by atoms with Crippen molar-refractivity contribution in [3.05, 3.63) is 58.4 Å². The van der Waals surface area contributed by atoms with Crippen LogP contribution < -0.4 is 5.32 Å². The van der Waals surface area contributed by atoms with E-state index < -0.39 is 46.0 Å². The van der Waals surface area contributed by atoms with Gasteiger partial charge >= 0.3 is 5.97 Å². The average Bonchev–Trinajstić information content (AvgIpc) is 3.14. The lowest BCUT2D eigenvalue weighted by atomic mass is 10.1. The molecule has 0 aliphatic carbocycles. The van der Waals surface area contributed by atoms with Crippen LogP contribution in [0.2, 0.25) is 5.02 Å². The Labute approximate surface area is 196 Å². The molecule has 8 nitrogen and oxygen atoms in total. The lowest BCUT2D eigenvalue weighted by molar-refractivity contribution is -0.156. The fraction of sp³-hybridized carbons (Fsp3) is 0.364. The van der Waals surface area contributed by atoms with E-state index in [1.807, 2.05) is 6.92 Å². The number of anilines is 1. The highest BCUT2D eigenvalue weighted by molar-refractivity contribution is 7.89. The minimum absolute atomic E-state index is 0.00533. The summed E-state index contributed by atoms with van der Waals surface area (Å²) in [6, 6.07) is 6.69. The monoisotopic (exact) mass is 498 g/mol. The average molecular weight is 499 g/mol. The lowest BCUT2D eigenvalue weighted by Gasteiger charge is -2.24. The van der Waals surface area contributed by atoms with E-state index in [1.54, 1.807) is 13.0 Å². The number of nitrogens with zero attached hydrogens (tertiary/aromatic N) is 1. The van der Waals surface area contributed by atoms with E-state index in [1.165, 1.54) is 25.1 Å². The molecule has 1 fully saturated rings. The molecule has 1 heterocycles. The standard InChI is InChI=1S/C22H24ClFN2O6S/c1-12-4-6-17(8-13(12)2)33(30,31)26-11-16(27)10-20(26)22(29)32-14(3)21(28)25-19-7-5-15(24)9-18(19)23/h4-9,14,16,20,27H,10-11H2,1-3H3,(H,25,28). The molecule has 33 heavy (non-hydrogen) atoms. The second-order valence-electron chi connectivity index (χ2n) is 7.92. The maximum atomic E-state index is 13.2. The number of hydrogen-bond acceptors (Lipinski definition) is 6. The Morgan fingerprint density at radius 1 is 1.21 bits per heavy atom. The quantitative estimate of drug-likeness (QED) is 0.592. The number of aryl methyl sites for hydroxylation is 2. The number of aliphatic hydroxyl groups excluding tert-OH is 1. The molecule has 3 unspecified atom stereocenters. The summed E-state index contributed by atoms with van der Waals surface area (Å²) in [5.41, 5.74) is 1.80. The third-order valence-electron chi connectivity index (χ3n) is 5.44. The first-order chi connectivity index (χ1) is 15.4. The van der Waals surface area contributed by atoms with Gasteiger partial charge in [-0.3, -0.25) is 9.59 Å². The number of rotatable bonds is 6. The summed E-state index contributed by atoms with van der Waals surface area (Å²) >= 11 is 5.89. The van der Waals surface area contributed by atoms with Crippen LogP contribution >= 0.6 is 11.6 Å². The van der Waals surface area contributed by atoms with Gasteiger partial charge in [0.15, 0.2) is 6.10 Å². The van der Waals surface area contributed by atoms with Crippen molar-refractivity contribution < 1.29 is 32.2 Å². The largest absolute Gasteiger partial charge is 0.451 e. The number of ether oxygens (including phenoxy) is 1. The third-order valence-corrected chi connectivity index (χ3v) is 7.63. The van der Waals surface area contributed by atoms with Crippen molar-refractivity contribution in [3.8, 4) is 0 Å². The summed E-state index contributed by atoms with van der Waals surface area (Å²) in [5.74, 6) is -2.28. The fourth-order valence-corrected chi connectivity index (χ4v) is 5.33. The number of β-amino-alcohol motifs (C(OH)–C–C–N with tert-alkyl or cyclic N) is 1. The third kappa shape index (κ3) is 5.52. The summed E-state index contributed by atoms with van der Waals surface area (Å²) in [7, 11) is -4.10. The molecule has 1 aliphatic rings. The molecular formula is C22H24ClFN2O6S. The molecule has 178 valence electrons. The molecule has 1 amide bonds. The number of aliphatic hydroxyl groups is 1. The molecular weight excluding hydrogens is 475 g/mol. The summed E-state index contributed by atoms with van der Waals surface area (Å²) in [6.07, 6.45) is -2.53. The van der Waals surface area contributed by atoms with Crippen LogP contribution in [0.4, 0.5) is 10.1 Å². The maximum absolute atomic E-state index is 13.2. The van der Waals surface area contributed by atoms with Gasteiger partial charge in [0, 0.05) is 13.0 Å². The zero-order chi connectivity index (χ0) is 24.5. The number of hydrogen-bond donors (Lipinski definition) is 2. The number of carbonyl (C=O) groups excluding carboxylic acids is 2. The number of benzene rings is 2. The second kappa shape index (κ2) is 9.76. The number of halogens is 2. The van der Waals surface area contributed by atoms with Crippen LogP contribution in [-0.2, 0) is 24.3 Å². The van der Waals surface area contributed by atoms with Gasteiger partial charge in [-0.2, -0.15) is 4.31 Å². The van der Waals surface area contributed by atoms with Crippen molar-refractivity contribution in [1.29, 1.82) is 0 Å². The molecule has 1 aliphatic heterocycles. The van der Waals surface area contributed by atoms with E-state index in [2.05, 4.69) is 5.32 Å². The molecule has 0 aromatic heterocycles. The molecule has 2 aromatic carbocycles. The molecule has 3 rings (SSSR count). The normalized spacial score (nSPS) is 19.8. The molecule has 11 heteroatoms. The molecule has 3 atom stereocenters. The molecule has 0 radical (unpaired) electrons. The van der Waals surface area contributed by atoms with Crippen LogP contribution in [0.25, 0.3) is 0 Å². The van der Waals surface area contributed by atoms with E-state index >= 15 is 0 Å². The zero-order valence-corrected chi connectivity index (χ0v) is 19.8. The highest BCUT2D eigenvalue weighted by Gasteiger charge is 2.45. The Kier molecular flexibility index (Phi) is 7.42. The van der Waals surface area contributed by atoms with Crippen LogP contribution in [-0.4, -0.2) is 54.5 Å². The van der Waals surface area contributed by atoms with E-state index in [-0.39, 0.29) is 28.6 Å². The van der Waals surface area contributed by atoms with Crippen LogP contribution in [0.3, 0.4) is 0 Å². The number of carbonyl (C=O) groups is 2. The summed E-state index contributed by atoms with van der Waals surface area (Å²) in [4.78, 5) is 25.2. The minimum atomic E-state index is -4.10. The van der Waals surface area contributed by atoms with Gasteiger partial charge in [0.2, 0.25) is 10.0 Å². The van der Waals surface area contributed by atoms with Gasteiger partial charge in [-0.05, 0) is 62.2 Å². The van der Waals surface area contributed by atoms with Gasteiger partial charge in [0.1, 0.15) is 11.9 Å². The molecule has 0 bridgehead atoms. The van der Waals surface area contributed by atoms with E-state index in [4.69, 9.17) is 16.3 Å². The van der Waals surface area contributed by atoms with Gasteiger partial charge in [-0.15, -0.1) is 0 Å². The van der Waals surface area contributed by atoms with Crippen molar-refractivity contribution in [3.63, 3.8) is 0 Å². The van der Waals surface area contributed by atoms with Crippen LogP contribution in [0.15, 0.2) is 41.3 Å². The molecule has 2 aromatic rings. The highest BCUT2D eigenvalue weighted by atomic mass is 35.5. The topological polar surface area (TPSA) is 113 Å². The SMILES string of the molecule is Cc1ccc(S(=O)(=O)N2CC(O)CC2C(=O)OC(C)C(=O)Nc2ccc(F)cc2Cl)cc1C. The van der Waals surface area contributed by atoms with Crippen LogP contribution in [0, 0.1) is 19.7 Å². The summed E-state index contributed by atoms with van der Waals surface area (Å²) in [5, 5.41) is 12.5. The molecule has 2 N–H and O–H groups in total. The van der Waals surface area contributed by atoms with Crippen molar-refractivity contribution in [2.75, 3.05) is 11.9 Å². The van der Waals surface area contributed by atoms with Gasteiger partial charge in [-0.25, -0.2) is 12.8 Å². The van der Waals surface area contributed by atoms with Crippen molar-refractivity contribution >= 4 is 39.2 Å². The van der Waals surface area contributed by atoms with Crippen molar-refractivity contribution in [1.82, 2.24) is 4.31 Å². The highest BCUT2D eigenvalue weighted by Crippen LogP contribution is 2.29.